The first kappa shape index (κ1) is 16.4. The van der Waals surface area contributed by atoms with Gasteiger partial charge in [-0.1, -0.05) is 43.8 Å². The predicted octanol–water partition coefficient (Wildman–Crippen LogP) is 4.34. The Morgan fingerprint density at radius 2 is 2.12 bits per heavy atom. The summed E-state index contributed by atoms with van der Waals surface area (Å²) in [5.41, 5.74) is 2.44. The van der Waals surface area contributed by atoms with Gasteiger partial charge in [-0.15, -0.1) is 0 Å². The molecule has 3 nitrogen and oxygen atoms in total. The molecular weight excluding hydrogens is 298 g/mol. The Balaban J connectivity index is 1.91. The second-order valence-corrected chi connectivity index (χ2v) is 6.21. The Hall–Kier alpha value is -2.42. The number of ketones is 1. The Morgan fingerprint density at radius 1 is 1.33 bits per heavy atom. The van der Waals surface area contributed by atoms with E-state index < -0.39 is 5.41 Å². The van der Waals surface area contributed by atoms with Gasteiger partial charge in [0.25, 0.3) is 0 Å². The van der Waals surface area contributed by atoms with Crippen LogP contribution in [0.4, 0.5) is 0 Å². The number of carbonyl (C=O) groups is 1. The summed E-state index contributed by atoms with van der Waals surface area (Å²) >= 11 is 0. The Morgan fingerprint density at radius 3 is 2.67 bits per heavy atom. The minimum absolute atomic E-state index is 0.226. The molecule has 3 heteroatoms. The van der Waals surface area contributed by atoms with Crippen LogP contribution in [0.5, 0.6) is 5.75 Å². The molecule has 1 saturated carbocycles. The molecule has 0 N–H and O–H groups in total. The number of hydrogen-bond acceptors (Lipinski definition) is 3. The molecule has 1 aliphatic rings. The number of rotatable bonds is 7. The summed E-state index contributed by atoms with van der Waals surface area (Å²) in [4.78, 5) is 17.8. The van der Waals surface area contributed by atoms with Gasteiger partial charge >= 0.3 is 0 Å². The number of nitrogens with zero attached hydrogens (tertiary/aromatic N) is 1. The molecule has 1 unspecified atom stereocenters. The fourth-order valence-corrected chi connectivity index (χ4v) is 3.21. The number of pyridine rings is 1. The fraction of sp³-hybridized carbons (Fsp3) is 0.286. The summed E-state index contributed by atoms with van der Waals surface area (Å²) in [5, 5.41) is 0. The average Bonchev–Trinajstić information content (AvgIpc) is 3.44. The molecule has 1 aromatic carbocycles. The van der Waals surface area contributed by atoms with Crippen molar-refractivity contribution in [2.75, 3.05) is 7.11 Å². The second kappa shape index (κ2) is 6.60. The number of Topliss-reactive ketones (excluding diaryl/α,β-unsaturated/α-hetero) is 1. The van der Waals surface area contributed by atoms with Gasteiger partial charge < -0.3 is 4.74 Å². The van der Waals surface area contributed by atoms with Gasteiger partial charge in [0.2, 0.25) is 0 Å². The lowest BCUT2D eigenvalue weighted by Crippen LogP contribution is -2.28. The van der Waals surface area contributed by atoms with E-state index in [-0.39, 0.29) is 11.7 Å². The van der Waals surface area contributed by atoms with E-state index in [4.69, 9.17) is 4.74 Å². The molecule has 0 amide bonds. The molecule has 123 valence electrons. The Bertz CT molecular complexity index is 745. The molecule has 0 bridgehead atoms. The Kier molecular flexibility index (Phi) is 4.52. The highest BCUT2D eigenvalue weighted by molar-refractivity contribution is 5.98. The lowest BCUT2D eigenvalue weighted by atomic mass is 9.81. The highest BCUT2D eigenvalue weighted by atomic mass is 16.5. The zero-order valence-electron chi connectivity index (χ0n) is 14.2. The summed E-state index contributed by atoms with van der Waals surface area (Å²) in [6.45, 7) is 5.76. The number of carbonyl (C=O) groups excluding carboxylic acids is 1. The van der Waals surface area contributed by atoms with Crippen molar-refractivity contribution < 1.29 is 9.53 Å². The number of ether oxygens (including phenoxy) is 1. The van der Waals surface area contributed by atoms with Gasteiger partial charge in [0.1, 0.15) is 5.75 Å². The lowest BCUT2D eigenvalue weighted by molar-refractivity contribution is -0.122. The van der Waals surface area contributed by atoms with Crippen molar-refractivity contribution in [2.24, 2.45) is 0 Å². The maximum Gasteiger partial charge on any atom is 0.152 e. The van der Waals surface area contributed by atoms with Crippen LogP contribution in [0.3, 0.4) is 0 Å². The number of hydrogen-bond donors (Lipinski definition) is 0. The molecule has 1 heterocycles. The number of methoxy groups -OCH3 is 1. The van der Waals surface area contributed by atoms with Crippen LogP contribution in [0.1, 0.15) is 42.5 Å². The fourth-order valence-electron chi connectivity index (χ4n) is 3.21. The molecule has 3 rings (SSSR count). The van der Waals surface area contributed by atoms with Gasteiger partial charge in [-0.3, -0.25) is 9.78 Å². The minimum atomic E-state index is -0.451. The molecule has 0 saturated heterocycles. The summed E-state index contributed by atoms with van der Waals surface area (Å²) in [7, 11) is 1.61. The van der Waals surface area contributed by atoms with Gasteiger partial charge in [0, 0.05) is 5.92 Å². The number of aromatic nitrogens is 1. The summed E-state index contributed by atoms with van der Waals surface area (Å²) < 4.78 is 5.16. The molecule has 1 aliphatic carbocycles. The van der Waals surface area contributed by atoms with Gasteiger partial charge in [-0.2, -0.15) is 0 Å². The Labute approximate surface area is 143 Å². The van der Waals surface area contributed by atoms with Crippen LogP contribution in [0, 0.1) is 6.42 Å². The van der Waals surface area contributed by atoms with E-state index in [1.165, 1.54) is 0 Å². The van der Waals surface area contributed by atoms with Gasteiger partial charge in [-0.25, -0.2) is 0 Å². The van der Waals surface area contributed by atoms with Crippen molar-refractivity contribution in [3.63, 3.8) is 0 Å². The van der Waals surface area contributed by atoms with E-state index in [0.717, 1.165) is 29.7 Å². The van der Waals surface area contributed by atoms with Crippen molar-refractivity contribution in [2.45, 2.75) is 31.1 Å². The molecule has 0 spiro atoms. The van der Waals surface area contributed by atoms with Crippen LogP contribution in [0.15, 0.2) is 49.2 Å². The van der Waals surface area contributed by atoms with Crippen LogP contribution >= 0.6 is 0 Å². The van der Waals surface area contributed by atoms with Crippen molar-refractivity contribution in [1.82, 2.24) is 4.98 Å². The molecule has 1 radical (unpaired) electrons. The molecule has 1 aromatic heterocycles. The first-order chi connectivity index (χ1) is 11.6. The third-order valence-corrected chi connectivity index (χ3v) is 4.81. The van der Waals surface area contributed by atoms with Crippen LogP contribution < -0.4 is 4.74 Å². The topological polar surface area (TPSA) is 39.2 Å². The van der Waals surface area contributed by atoms with Crippen LogP contribution in [0.2, 0.25) is 0 Å². The molecule has 1 fully saturated rings. The highest BCUT2D eigenvalue weighted by Gasteiger charge is 2.54. The lowest BCUT2D eigenvalue weighted by Gasteiger charge is -2.21. The average molecular weight is 320 g/mol. The molecule has 0 aliphatic heterocycles. The van der Waals surface area contributed by atoms with E-state index in [0.29, 0.717) is 5.75 Å². The normalized spacial score (nSPS) is 16.2. The minimum Gasteiger partial charge on any atom is -0.495 e. The third-order valence-electron chi connectivity index (χ3n) is 4.81. The largest absolute Gasteiger partial charge is 0.495 e. The standard InChI is InChI=1S/C21H22NO2/c1-4-15-7-6-8-16(13-15)18(5-2)20(23)21(11-12-21)19-10-9-17(24-3)14-22-19/h4-10,13-14,18H,1,11-12H2,2-3H3. The van der Waals surface area contributed by atoms with Gasteiger partial charge in [0.05, 0.1) is 24.4 Å². The second-order valence-electron chi connectivity index (χ2n) is 6.21. The summed E-state index contributed by atoms with van der Waals surface area (Å²) in [6, 6.07) is 11.8. The van der Waals surface area contributed by atoms with Crippen LogP contribution in [-0.2, 0) is 10.2 Å². The smallest absolute Gasteiger partial charge is 0.152 e. The quantitative estimate of drug-likeness (QED) is 0.761. The first-order valence-electron chi connectivity index (χ1n) is 8.21. The summed E-state index contributed by atoms with van der Waals surface area (Å²) in [6.07, 6.45) is 7.19. The van der Waals surface area contributed by atoms with Crippen LogP contribution in [0.25, 0.3) is 6.08 Å². The highest BCUT2D eigenvalue weighted by Crippen LogP contribution is 2.51. The monoisotopic (exact) mass is 320 g/mol. The maximum absolute atomic E-state index is 13.3. The van der Waals surface area contributed by atoms with Crippen molar-refractivity contribution >= 4 is 11.9 Å². The number of benzene rings is 1. The van der Waals surface area contributed by atoms with E-state index in [9.17, 15) is 4.79 Å². The van der Waals surface area contributed by atoms with E-state index >= 15 is 0 Å². The predicted molar refractivity (Wildman–Crippen MR) is 96.0 cm³/mol. The molecular formula is C21H22NO2. The van der Waals surface area contributed by atoms with Crippen LogP contribution in [-0.4, -0.2) is 17.9 Å². The van der Waals surface area contributed by atoms with Gasteiger partial charge in [-0.05, 0) is 42.5 Å². The van der Waals surface area contributed by atoms with E-state index in [1.54, 1.807) is 19.4 Å². The van der Waals surface area contributed by atoms with E-state index in [2.05, 4.69) is 11.6 Å². The zero-order valence-corrected chi connectivity index (χ0v) is 14.2. The zero-order chi connectivity index (χ0) is 17.2. The van der Waals surface area contributed by atoms with Gasteiger partial charge in [0.15, 0.2) is 5.78 Å². The first-order valence-corrected chi connectivity index (χ1v) is 8.21. The molecule has 24 heavy (non-hydrogen) atoms. The third kappa shape index (κ3) is 2.86. The molecule has 2 aromatic rings. The van der Waals surface area contributed by atoms with Crippen molar-refractivity contribution in [1.29, 1.82) is 0 Å². The summed E-state index contributed by atoms with van der Waals surface area (Å²) in [5.74, 6) is 0.708. The molecule has 1 atom stereocenters. The van der Waals surface area contributed by atoms with Crippen molar-refractivity contribution in [3.8, 4) is 5.75 Å². The van der Waals surface area contributed by atoms with E-state index in [1.807, 2.05) is 49.7 Å². The SMILES string of the molecule is C=Cc1cccc(C([CH]C)C(=O)C2(c3ccc(OC)cn3)CC2)c1. The van der Waals surface area contributed by atoms with Crippen molar-refractivity contribution in [3.05, 3.63) is 72.4 Å². The maximum atomic E-state index is 13.3.